The highest BCUT2D eigenvalue weighted by atomic mass is 16.5. The van der Waals surface area contributed by atoms with Crippen LogP contribution in [0.4, 0.5) is 0 Å². The first-order valence-electron chi connectivity index (χ1n) is 12.5. The first-order chi connectivity index (χ1) is 15.4. The van der Waals surface area contributed by atoms with E-state index in [4.69, 9.17) is 9.84 Å². The smallest absolute Gasteiger partial charge is 0.245 e. The van der Waals surface area contributed by atoms with Gasteiger partial charge in [-0.3, -0.25) is 14.4 Å². The van der Waals surface area contributed by atoms with Gasteiger partial charge in [-0.25, -0.2) is 0 Å². The molecule has 3 N–H and O–H groups in total. The lowest BCUT2D eigenvalue weighted by Gasteiger charge is -2.33. The van der Waals surface area contributed by atoms with Gasteiger partial charge in [-0.15, -0.1) is 0 Å². The van der Waals surface area contributed by atoms with Gasteiger partial charge in [0.05, 0.1) is 17.4 Å². The number of ether oxygens (including phenoxy) is 1. The zero-order valence-electron chi connectivity index (χ0n) is 20.0. The lowest BCUT2D eigenvalue weighted by atomic mass is 9.65. The fourth-order valence-electron chi connectivity index (χ4n) is 6.24. The largest absolute Gasteiger partial charge is 0.396 e. The molecular formula is C24H41N3O5. The van der Waals surface area contributed by atoms with Crippen LogP contribution in [0.15, 0.2) is 0 Å². The fourth-order valence-corrected chi connectivity index (χ4v) is 6.24. The van der Waals surface area contributed by atoms with E-state index in [9.17, 15) is 14.4 Å². The number of nitrogens with zero attached hydrogens (tertiary/aromatic N) is 1. The maximum Gasteiger partial charge on any atom is 0.245 e. The van der Waals surface area contributed by atoms with Gasteiger partial charge >= 0.3 is 0 Å². The van der Waals surface area contributed by atoms with E-state index < -0.39 is 29.1 Å². The summed E-state index contributed by atoms with van der Waals surface area (Å²) in [6.45, 7) is 5.34. The van der Waals surface area contributed by atoms with Crippen molar-refractivity contribution in [2.24, 2.45) is 11.8 Å². The van der Waals surface area contributed by atoms with Crippen LogP contribution in [0.5, 0.6) is 0 Å². The number of aliphatic hydroxyl groups is 1. The number of likely N-dealkylation sites (tertiary alicyclic amines) is 1. The molecule has 0 saturated carbocycles. The number of nitrogens with one attached hydrogen (secondary N) is 2. The van der Waals surface area contributed by atoms with Crippen LogP contribution in [0.1, 0.15) is 78.1 Å². The van der Waals surface area contributed by atoms with Gasteiger partial charge in [-0.1, -0.05) is 39.5 Å². The number of fused-ring (bicyclic) bond motifs is 1. The number of rotatable bonds is 13. The van der Waals surface area contributed by atoms with Gasteiger partial charge in [0.1, 0.15) is 11.6 Å². The quantitative estimate of drug-likeness (QED) is 0.370. The van der Waals surface area contributed by atoms with Gasteiger partial charge in [-0.05, 0) is 38.5 Å². The number of hydrogen-bond acceptors (Lipinski definition) is 5. The van der Waals surface area contributed by atoms with Gasteiger partial charge in [0.15, 0.2) is 0 Å². The minimum Gasteiger partial charge on any atom is -0.396 e. The van der Waals surface area contributed by atoms with Crippen LogP contribution >= 0.6 is 0 Å². The Morgan fingerprint density at radius 1 is 1.09 bits per heavy atom. The molecule has 182 valence electrons. The lowest BCUT2D eigenvalue weighted by molar-refractivity contribution is -0.147. The third-order valence-electron chi connectivity index (χ3n) is 7.84. The first-order valence-corrected chi connectivity index (χ1v) is 12.5. The molecule has 1 spiro atoms. The van der Waals surface area contributed by atoms with Crippen LogP contribution in [0, 0.1) is 11.8 Å². The van der Waals surface area contributed by atoms with Crippen LogP contribution < -0.4 is 10.6 Å². The Balaban J connectivity index is 1.87. The molecule has 5 atom stereocenters. The molecule has 3 heterocycles. The van der Waals surface area contributed by atoms with Crippen molar-refractivity contribution in [3.8, 4) is 0 Å². The second kappa shape index (κ2) is 10.5. The number of aliphatic hydroxyl groups excluding tert-OH is 1. The van der Waals surface area contributed by atoms with Crippen molar-refractivity contribution >= 4 is 17.7 Å². The number of amides is 3. The summed E-state index contributed by atoms with van der Waals surface area (Å²) in [6.07, 6.45) is 8.24. The Hall–Kier alpha value is -1.67. The monoisotopic (exact) mass is 451 g/mol. The molecule has 3 amide bonds. The lowest BCUT2D eigenvalue weighted by Crippen LogP contribution is -2.55. The van der Waals surface area contributed by atoms with Crippen molar-refractivity contribution in [1.29, 1.82) is 0 Å². The van der Waals surface area contributed by atoms with Crippen LogP contribution in [0.3, 0.4) is 0 Å². The summed E-state index contributed by atoms with van der Waals surface area (Å²) in [5.41, 5.74) is -1.60. The van der Waals surface area contributed by atoms with Crippen molar-refractivity contribution < 1.29 is 24.2 Å². The topological polar surface area (TPSA) is 108 Å². The van der Waals surface area contributed by atoms with Crippen LogP contribution in [-0.4, -0.2) is 71.7 Å². The molecule has 0 aromatic carbocycles. The SMILES string of the molecule is CCCCCNC(=O)C1N(CCCCCCO)C(=O)[C@@H]2[C@@H](C(=O)NC)[C@@]3(CC)CCC12O3. The molecule has 3 aliphatic heterocycles. The maximum atomic E-state index is 13.7. The van der Waals surface area contributed by atoms with Gasteiger partial charge in [-0.2, -0.15) is 0 Å². The minimum atomic E-state index is -0.926. The van der Waals surface area contributed by atoms with Crippen LogP contribution in [0.25, 0.3) is 0 Å². The Morgan fingerprint density at radius 2 is 1.84 bits per heavy atom. The number of carbonyl (C=O) groups is 3. The average Bonchev–Trinajstić information content (AvgIpc) is 3.40. The molecular weight excluding hydrogens is 410 g/mol. The molecule has 2 unspecified atom stereocenters. The number of unbranched alkanes of at least 4 members (excludes halogenated alkanes) is 5. The first kappa shape index (κ1) is 25.0. The molecule has 0 aromatic rings. The highest BCUT2D eigenvalue weighted by molar-refractivity contribution is 5.99. The molecule has 8 nitrogen and oxygen atoms in total. The van der Waals surface area contributed by atoms with Crippen molar-refractivity contribution in [2.75, 3.05) is 26.7 Å². The number of hydrogen-bond donors (Lipinski definition) is 3. The zero-order chi connectivity index (χ0) is 23.4. The van der Waals surface area contributed by atoms with Crippen molar-refractivity contribution in [3.63, 3.8) is 0 Å². The molecule has 0 aliphatic carbocycles. The Morgan fingerprint density at radius 3 is 2.50 bits per heavy atom. The van der Waals surface area contributed by atoms with Crippen LogP contribution in [0.2, 0.25) is 0 Å². The molecule has 3 aliphatic rings. The zero-order valence-corrected chi connectivity index (χ0v) is 20.0. The minimum absolute atomic E-state index is 0.121. The van der Waals surface area contributed by atoms with E-state index in [-0.39, 0.29) is 24.3 Å². The molecule has 3 saturated heterocycles. The normalized spacial score (nSPS) is 32.9. The Kier molecular flexibility index (Phi) is 8.20. The second-order valence-corrected chi connectivity index (χ2v) is 9.62. The van der Waals surface area contributed by atoms with E-state index in [2.05, 4.69) is 17.6 Å². The van der Waals surface area contributed by atoms with Gasteiger partial charge in [0.2, 0.25) is 17.7 Å². The van der Waals surface area contributed by atoms with Crippen LogP contribution in [-0.2, 0) is 19.1 Å². The fraction of sp³-hybridized carbons (Fsp3) is 0.875. The van der Waals surface area contributed by atoms with E-state index >= 15 is 0 Å². The van der Waals surface area contributed by atoms with Gasteiger partial charge in [0.25, 0.3) is 0 Å². The van der Waals surface area contributed by atoms with E-state index in [0.29, 0.717) is 32.4 Å². The summed E-state index contributed by atoms with van der Waals surface area (Å²) in [5, 5.41) is 14.8. The highest BCUT2D eigenvalue weighted by Crippen LogP contribution is 2.64. The Bertz CT molecular complexity index is 701. The molecule has 0 radical (unpaired) electrons. The van der Waals surface area contributed by atoms with Gasteiger partial charge < -0.3 is 25.4 Å². The summed E-state index contributed by atoms with van der Waals surface area (Å²) in [6, 6.07) is -0.692. The standard InChI is InChI=1S/C24H41N3O5/c1-4-6-9-14-26-21(30)19-24-13-12-23(5-2,32-24)17(20(29)25-3)18(24)22(31)27(19)15-10-7-8-11-16-28/h17-19,28H,4-16H2,1-3H3,(H,25,29)(H,26,30)/t17-,18-,19?,23+,24?/m0/s1. The summed E-state index contributed by atoms with van der Waals surface area (Å²) < 4.78 is 6.65. The molecule has 3 rings (SSSR count). The van der Waals surface area contributed by atoms with E-state index in [1.165, 1.54) is 0 Å². The molecule has 2 bridgehead atoms. The van der Waals surface area contributed by atoms with E-state index in [1.54, 1.807) is 11.9 Å². The number of carbonyl (C=O) groups excluding carboxylic acids is 3. The highest BCUT2D eigenvalue weighted by Gasteiger charge is 2.78. The Labute approximate surface area is 191 Å². The summed E-state index contributed by atoms with van der Waals surface area (Å²) in [5.74, 6) is -1.62. The van der Waals surface area contributed by atoms with Gasteiger partial charge in [0, 0.05) is 26.7 Å². The maximum absolute atomic E-state index is 13.7. The van der Waals surface area contributed by atoms with E-state index in [1.807, 2.05) is 6.92 Å². The summed E-state index contributed by atoms with van der Waals surface area (Å²) in [7, 11) is 1.60. The summed E-state index contributed by atoms with van der Waals surface area (Å²) in [4.78, 5) is 41.8. The summed E-state index contributed by atoms with van der Waals surface area (Å²) >= 11 is 0. The molecule has 3 fully saturated rings. The molecule has 32 heavy (non-hydrogen) atoms. The molecule has 0 aromatic heterocycles. The third-order valence-corrected chi connectivity index (χ3v) is 7.84. The third kappa shape index (κ3) is 4.16. The van der Waals surface area contributed by atoms with Crippen molar-refractivity contribution in [1.82, 2.24) is 15.5 Å². The average molecular weight is 452 g/mol. The van der Waals surface area contributed by atoms with Crippen molar-refractivity contribution in [3.05, 3.63) is 0 Å². The second-order valence-electron chi connectivity index (χ2n) is 9.62. The predicted octanol–water partition coefficient (Wildman–Crippen LogP) is 1.75. The predicted molar refractivity (Wildman–Crippen MR) is 121 cm³/mol. The van der Waals surface area contributed by atoms with E-state index in [0.717, 1.165) is 44.9 Å². The van der Waals surface area contributed by atoms with Crippen molar-refractivity contribution in [2.45, 2.75) is 95.3 Å². The molecule has 8 heteroatoms.